The molecule has 1 aliphatic carbocycles. The van der Waals surface area contributed by atoms with E-state index in [0.717, 1.165) is 37.9 Å². The minimum absolute atomic E-state index is 0.0436. The lowest BCUT2D eigenvalue weighted by Gasteiger charge is -2.37. The Bertz CT molecular complexity index is 770. The first-order chi connectivity index (χ1) is 14.3. The number of fused-ring (bicyclic) bond motifs is 1. The maximum atomic E-state index is 12.2. The number of nitrogens with one attached hydrogen (secondary N) is 1. The summed E-state index contributed by atoms with van der Waals surface area (Å²) in [4.78, 5) is 14.6. The van der Waals surface area contributed by atoms with E-state index in [-0.39, 0.29) is 30.7 Å². The number of hydrogen-bond donors (Lipinski definition) is 2. The zero-order chi connectivity index (χ0) is 21.3. The second-order valence-corrected chi connectivity index (χ2v) is 9.73. The Labute approximate surface area is 178 Å². The van der Waals surface area contributed by atoms with E-state index in [9.17, 15) is 9.90 Å². The number of rotatable bonds is 4. The fraction of sp³-hybridized carbons (Fsp3) is 0.696. The molecule has 1 aromatic rings. The summed E-state index contributed by atoms with van der Waals surface area (Å²) in [5.74, 6) is 2.04. The van der Waals surface area contributed by atoms with Crippen molar-refractivity contribution in [2.75, 3.05) is 19.9 Å². The Kier molecular flexibility index (Phi) is 6.00. The number of carbonyl (C=O) groups is 1. The fourth-order valence-electron chi connectivity index (χ4n) is 5.01. The summed E-state index contributed by atoms with van der Waals surface area (Å²) in [7, 11) is 0. The molecule has 1 saturated carbocycles. The van der Waals surface area contributed by atoms with Crippen LogP contribution in [0.2, 0.25) is 0 Å². The number of alkyl carbamates (subject to hydrolysis) is 1. The maximum absolute atomic E-state index is 12.2. The van der Waals surface area contributed by atoms with E-state index >= 15 is 0 Å². The van der Waals surface area contributed by atoms with Gasteiger partial charge in [0.2, 0.25) is 6.79 Å². The van der Waals surface area contributed by atoms with Gasteiger partial charge in [0.1, 0.15) is 11.4 Å². The number of benzene rings is 1. The van der Waals surface area contributed by atoms with Gasteiger partial charge in [-0.2, -0.15) is 0 Å². The van der Waals surface area contributed by atoms with Crippen LogP contribution in [0.25, 0.3) is 0 Å². The summed E-state index contributed by atoms with van der Waals surface area (Å²) in [6, 6.07) is 3.78. The van der Waals surface area contributed by atoms with Gasteiger partial charge in [-0.3, -0.25) is 4.90 Å². The van der Waals surface area contributed by atoms with Gasteiger partial charge in [0, 0.05) is 36.8 Å². The third-order valence-corrected chi connectivity index (χ3v) is 6.27. The molecule has 1 amide bonds. The molecule has 2 heterocycles. The highest BCUT2D eigenvalue weighted by atomic mass is 16.7. The lowest BCUT2D eigenvalue weighted by molar-refractivity contribution is 0.0501. The van der Waals surface area contributed by atoms with E-state index in [0.29, 0.717) is 17.4 Å². The number of ether oxygens (including phenoxy) is 3. The van der Waals surface area contributed by atoms with Crippen LogP contribution < -0.4 is 14.8 Å². The predicted molar refractivity (Wildman–Crippen MR) is 113 cm³/mol. The smallest absolute Gasteiger partial charge is 0.407 e. The standard InChI is InChI=1S/C23H34N2O5/c1-23(2,3)30-22(27)24-16-9-10-25(13-16)21(15-7-5-4-6-8-15)17-11-19-20(12-18(17)26)29-14-28-19/h11-12,15-16,21,26H,4-10,13-14H2,1-3H3,(H,24,27)/t16-,21?/m1/s1. The number of phenols is 1. The molecule has 2 N–H and O–H groups in total. The van der Waals surface area contributed by atoms with Gasteiger partial charge in [-0.15, -0.1) is 0 Å². The number of phenolic OH excluding ortho intramolecular Hbond substituents is 1. The molecule has 2 fully saturated rings. The normalized spacial score (nSPS) is 23.4. The molecule has 0 spiro atoms. The van der Waals surface area contributed by atoms with E-state index in [1.54, 1.807) is 6.07 Å². The second-order valence-electron chi connectivity index (χ2n) is 9.73. The van der Waals surface area contributed by atoms with Gasteiger partial charge in [0.05, 0.1) is 0 Å². The predicted octanol–water partition coefficient (Wildman–Crippen LogP) is 4.34. The highest BCUT2D eigenvalue weighted by molar-refractivity contribution is 5.68. The molecule has 0 aromatic heterocycles. The highest BCUT2D eigenvalue weighted by Gasteiger charge is 2.37. The van der Waals surface area contributed by atoms with Crippen LogP contribution in [-0.4, -0.2) is 47.6 Å². The summed E-state index contributed by atoms with van der Waals surface area (Å²) in [5.41, 5.74) is 0.398. The molecule has 1 unspecified atom stereocenters. The lowest BCUT2D eigenvalue weighted by Crippen LogP contribution is -2.41. The Balaban J connectivity index is 1.52. The third-order valence-electron chi connectivity index (χ3n) is 6.27. The minimum atomic E-state index is -0.509. The largest absolute Gasteiger partial charge is 0.507 e. The van der Waals surface area contributed by atoms with Crippen LogP contribution >= 0.6 is 0 Å². The zero-order valence-corrected chi connectivity index (χ0v) is 18.3. The van der Waals surface area contributed by atoms with E-state index in [1.165, 1.54) is 19.3 Å². The first-order valence-corrected chi connectivity index (χ1v) is 11.2. The molecule has 1 saturated heterocycles. The number of aromatic hydroxyl groups is 1. The summed E-state index contributed by atoms with van der Waals surface area (Å²) in [5, 5.41) is 13.8. The van der Waals surface area contributed by atoms with Gasteiger partial charge in [-0.25, -0.2) is 4.79 Å². The molecule has 2 aliphatic heterocycles. The average Bonchev–Trinajstić information content (AvgIpc) is 3.31. The summed E-state index contributed by atoms with van der Waals surface area (Å²) < 4.78 is 16.4. The number of likely N-dealkylation sites (tertiary alicyclic amines) is 1. The van der Waals surface area contributed by atoms with Crippen molar-refractivity contribution in [2.45, 2.75) is 77.0 Å². The summed E-state index contributed by atoms with van der Waals surface area (Å²) in [6.07, 6.45) is 6.53. The molecule has 1 aromatic carbocycles. The Morgan fingerprint density at radius 1 is 1.17 bits per heavy atom. The molecular formula is C23H34N2O5. The van der Waals surface area contributed by atoms with Crippen molar-refractivity contribution in [2.24, 2.45) is 5.92 Å². The topological polar surface area (TPSA) is 80.3 Å². The van der Waals surface area contributed by atoms with E-state index < -0.39 is 5.60 Å². The Hall–Kier alpha value is -2.15. The summed E-state index contributed by atoms with van der Waals surface area (Å²) >= 11 is 0. The quantitative estimate of drug-likeness (QED) is 0.757. The molecular weight excluding hydrogens is 384 g/mol. The fourth-order valence-corrected chi connectivity index (χ4v) is 5.01. The van der Waals surface area contributed by atoms with Crippen LogP contribution in [0.3, 0.4) is 0 Å². The number of hydrogen-bond acceptors (Lipinski definition) is 6. The maximum Gasteiger partial charge on any atom is 0.407 e. The first kappa shape index (κ1) is 21.1. The van der Waals surface area contributed by atoms with Gasteiger partial charge >= 0.3 is 6.09 Å². The molecule has 0 radical (unpaired) electrons. The molecule has 7 nitrogen and oxygen atoms in total. The van der Waals surface area contributed by atoms with Crippen molar-refractivity contribution in [1.82, 2.24) is 10.2 Å². The Morgan fingerprint density at radius 3 is 2.57 bits per heavy atom. The number of nitrogens with zero attached hydrogens (tertiary/aromatic N) is 1. The first-order valence-electron chi connectivity index (χ1n) is 11.2. The van der Waals surface area contributed by atoms with Crippen molar-refractivity contribution < 1.29 is 24.1 Å². The van der Waals surface area contributed by atoms with Crippen molar-refractivity contribution in [3.05, 3.63) is 17.7 Å². The van der Waals surface area contributed by atoms with Gasteiger partial charge in [-0.05, 0) is 52.0 Å². The van der Waals surface area contributed by atoms with Crippen LogP contribution in [-0.2, 0) is 4.74 Å². The summed E-state index contributed by atoms with van der Waals surface area (Å²) in [6.45, 7) is 7.42. The van der Waals surface area contributed by atoms with Gasteiger partial charge < -0.3 is 24.6 Å². The minimum Gasteiger partial charge on any atom is -0.507 e. The molecule has 30 heavy (non-hydrogen) atoms. The molecule has 3 aliphatic rings. The molecule has 7 heteroatoms. The van der Waals surface area contributed by atoms with Crippen molar-refractivity contribution in [3.8, 4) is 17.2 Å². The third kappa shape index (κ3) is 4.77. The molecule has 2 atom stereocenters. The van der Waals surface area contributed by atoms with Crippen LogP contribution in [0, 0.1) is 5.92 Å². The van der Waals surface area contributed by atoms with Gasteiger partial charge in [-0.1, -0.05) is 19.3 Å². The zero-order valence-electron chi connectivity index (χ0n) is 18.3. The number of amides is 1. The molecule has 0 bridgehead atoms. The molecule has 166 valence electrons. The van der Waals surface area contributed by atoms with Gasteiger partial charge in [0.15, 0.2) is 11.5 Å². The lowest BCUT2D eigenvalue weighted by atomic mass is 9.80. The van der Waals surface area contributed by atoms with E-state index in [1.807, 2.05) is 26.8 Å². The van der Waals surface area contributed by atoms with Crippen molar-refractivity contribution >= 4 is 6.09 Å². The Morgan fingerprint density at radius 2 is 1.87 bits per heavy atom. The van der Waals surface area contributed by atoms with Crippen LogP contribution in [0.5, 0.6) is 17.2 Å². The highest BCUT2D eigenvalue weighted by Crippen LogP contribution is 2.47. The van der Waals surface area contributed by atoms with Crippen molar-refractivity contribution in [1.29, 1.82) is 0 Å². The SMILES string of the molecule is CC(C)(C)OC(=O)N[C@@H]1CCN(C(c2cc3c(cc2O)OCO3)C2CCCCC2)C1. The van der Waals surface area contributed by atoms with Gasteiger partial charge in [0.25, 0.3) is 0 Å². The van der Waals surface area contributed by atoms with Crippen LogP contribution in [0.15, 0.2) is 12.1 Å². The van der Waals surface area contributed by atoms with E-state index in [4.69, 9.17) is 14.2 Å². The van der Waals surface area contributed by atoms with E-state index in [2.05, 4.69) is 10.2 Å². The number of carbonyl (C=O) groups excluding carboxylic acids is 1. The van der Waals surface area contributed by atoms with Crippen LogP contribution in [0.1, 0.15) is 70.9 Å². The molecule has 4 rings (SSSR count). The van der Waals surface area contributed by atoms with Crippen molar-refractivity contribution in [3.63, 3.8) is 0 Å². The monoisotopic (exact) mass is 418 g/mol. The van der Waals surface area contributed by atoms with Crippen LogP contribution in [0.4, 0.5) is 4.79 Å². The average molecular weight is 419 g/mol. The second kappa shape index (κ2) is 8.53.